The van der Waals surface area contributed by atoms with Crippen molar-refractivity contribution in [1.82, 2.24) is 10.1 Å². The number of likely N-dealkylation sites (tertiary alicyclic amines) is 1. The molecule has 6 nitrogen and oxygen atoms in total. The summed E-state index contributed by atoms with van der Waals surface area (Å²) in [6.07, 6.45) is 2.43. The van der Waals surface area contributed by atoms with Gasteiger partial charge in [0.1, 0.15) is 11.6 Å². The molecule has 1 unspecified atom stereocenters. The predicted octanol–water partition coefficient (Wildman–Crippen LogP) is 4.05. The second kappa shape index (κ2) is 7.84. The number of carbonyl (C=O) groups is 2. The maximum atomic E-state index is 13.2. The van der Waals surface area contributed by atoms with Gasteiger partial charge in [0.2, 0.25) is 0 Å². The van der Waals surface area contributed by atoms with Crippen LogP contribution in [0.1, 0.15) is 36.5 Å². The van der Waals surface area contributed by atoms with Crippen LogP contribution in [-0.4, -0.2) is 41.1 Å². The van der Waals surface area contributed by atoms with Crippen molar-refractivity contribution in [3.05, 3.63) is 54.1 Å². The van der Waals surface area contributed by atoms with Gasteiger partial charge in [-0.2, -0.15) is 0 Å². The Labute approximate surface area is 163 Å². The van der Waals surface area contributed by atoms with E-state index in [-0.39, 0.29) is 11.9 Å². The molecular weight excluding hydrogens is 356 g/mol. The Kier molecular flexibility index (Phi) is 5.10. The summed E-state index contributed by atoms with van der Waals surface area (Å²) in [4.78, 5) is 27.1. The Morgan fingerprint density at radius 3 is 2.79 bits per heavy atom. The van der Waals surface area contributed by atoms with Crippen LogP contribution in [0.4, 0.5) is 0 Å². The number of hydrogen-bond donors (Lipinski definition) is 0. The van der Waals surface area contributed by atoms with E-state index in [9.17, 15) is 9.59 Å². The summed E-state index contributed by atoms with van der Waals surface area (Å²) in [5.41, 5.74) is 2.11. The van der Waals surface area contributed by atoms with Crippen LogP contribution in [0.2, 0.25) is 0 Å². The molecule has 2 heterocycles. The third-order valence-corrected chi connectivity index (χ3v) is 5.08. The average molecular weight is 378 g/mol. The number of fused-ring (bicyclic) bond motifs is 1. The molecule has 144 valence electrons. The summed E-state index contributed by atoms with van der Waals surface area (Å²) in [5, 5.41) is 4.88. The molecule has 1 saturated heterocycles. The fourth-order valence-corrected chi connectivity index (χ4v) is 3.70. The molecule has 0 spiro atoms. The molecule has 0 N–H and O–H groups in total. The smallest absolute Gasteiger partial charge is 0.328 e. The number of aromatic nitrogens is 1. The summed E-state index contributed by atoms with van der Waals surface area (Å²) in [5.74, 6) is 0.136. The highest BCUT2D eigenvalue weighted by atomic mass is 16.5. The predicted molar refractivity (Wildman–Crippen MR) is 105 cm³/mol. The van der Waals surface area contributed by atoms with E-state index >= 15 is 0 Å². The fraction of sp³-hybridized carbons (Fsp3) is 0.318. The molecule has 0 saturated carbocycles. The lowest BCUT2D eigenvalue weighted by molar-refractivity contribution is -0.149. The highest BCUT2D eigenvalue weighted by Crippen LogP contribution is 2.30. The monoisotopic (exact) mass is 378 g/mol. The number of rotatable bonds is 4. The SMILES string of the molecule is CCOC(=O)C1CCCCN1C(=O)c1ccc2noc(-c3ccccc3)c2c1. The van der Waals surface area contributed by atoms with Gasteiger partial charge in [0.25, 0.3) is 5.91 Å². The first-order valence-electron chi connectivity index (χ1n) is 9.61. The topological polar surface area (TPSA) is 72.6 Å². The van der Waals surface area contributed by atoms with Gasteiger partial charge in [-0.25, -0.2) is 4.79 Å². The lowest BCUT2D eigenvalue weighted by Crippen LogP contribution is -2.48. The summed E-state index contributed by atoms with van der Waals surface area (Å²) in [6, 6.07) is 14.5. The number of amides is 1. The summed E-state index contributed by atoms with van der Waals surface area (Å²) in [7, 11) is 0. The number of benzene rings is 2. The van der Waals surface area contributed by atoms with E-state index in [1.165, 1.54) is 0 Å². The molecule has 28 heavy (non-hydrogen) atoms. The Morgan fingerprint density at radius 1 is 1.18 bits per heavy atom. The largest absolute Gasteiger partial charge is 0.464 e. The molecule has 4 rings (SSSR count). The van der Waals surface area contributed by atoms with Crippen molar-refractivity contribution in [2.75, 3.05) is 13.2 Å². The summed E-state index contributed by atoms with van der Waals surface area (Å²) in [6.45, 7) is 2.64. The van der Waals surface area contributed by atoms with Crippen molar-refractivity contribution >= 4 is 22.8 Å². The Bertz CT molecular complexity index is 996. The molecule has 1 aliphatic rings. The van der Waals surface area contributed by atoms with E-state index < -0.39 is 6.04 Å². The number of carbonyl (C=O) groups excluding carboxylic acids is 2. The van der Waals surface area contributed by atoms with Crippen LogP contribution < -0.4 is 0 Å². The van der Waals surface area contributed by atoms with Crippen molar-refractivity contribution in [2.24, 2.45) is 0 Å². The maximum Gasteiger partial charge on any atom is 0.328 e. The maximum absolute atomic E-state index is 13.2. The van der Waals surface area contributed by atoms with Gasteiger partial charge < -0.3 is 14.2 Å². The molecule has 1 amide bonds. The Morgan fingerprint density at radius 2 is 2.00 bits per heavy atom. The highest BCUT2D eigenvalue weighted by molar-refractivity contribution is 6.02. The van der Waals surface area contributed by atoms with Crippen LogP contribution >= 0.6 is 0 Å². The molecule has 1 atom stereocenters. The van der Waals surface area contributed by atoms with Crippen molar-refractivity contribution in [1.29, 1.82) is 0 Å². The molecule has 2 aromatic carbocycles. The first-order valence-corrected chi connectivity index (χ1v) is 9.61. The fourth-order valence-electron chi connectivity index (χ4n) is 3.70. The summed E-state index contributed by atoms with van der Waals surface area (Å²) < 4.78 is 10.7. The number of ether oxygens (including phenoxy) is 1. The molecule has 0 bridgehead atoms. The zero-order valence-corrected chi connectivity index (χ0v) is 15.8. The van der Waals surface area contributed by atoms with Crippen LogP contribution in [-0.2, 0) is 9.53 Å². The molecular formula is C22H22N2O4. The zero-order chi connectivity index (χ0) is 19.5. The second-order valence-electron chi connectivity index (χ2n) is 6.87. The van der Waals surface area contributed by atoms with Gasteiger partial charge in [0.05, 0.1) is 12.0 Å². The number of nitrogens with zero attached hydrogens (tertiary/aromatic N) is 2. The zero-order valence-electron chi connectivity index (χ0n) is 15.8. The summed E-state index contributed by atoms with van der Waals surface area (Å²) >= 11 is 0. The first kappa shape index (κ1) is 18.2. The normalized spacial score (nSPS) is 16.9. The van der Waals surface area contributed by atoms with Gasteiger partial charge in [-0.3, -0.25) is 4.79 Å². The second-order valence-corrected chi connectivity index (χ2v) is 6.87. The van der Waals surface area contributed by atoms with Crippen molar-refractivity contribution in [2.45, 2.75) is 32.2 Å². The van der Waals surface area contributed by atoms with Crippen LogP contribution in [0.3, 0.4) is 0 Å². The van der Waals surface area contributed by atoms with Gasteiger partial charge in [-0.05, 0) is 44.4 Å². The van der Waals surface area contributed by atoms with Gasteiger partial charge >= 0.3 is 5.97 Å². The van der Waals surface area contributed by atoms with Crippen molar-refractivity contribution in [3.63, 3.8) is 0 Å². The van der Waals surface area contributed by atoms with Gasteiger partial charge in [-0.15, -0.1) is 0 Å². The number of hydrogen-bond acceptors (Lipinski definition) is 5. The molecule has 6 heteroatoms. The van der Waals surface area contributed by atoms with Gasteiger partial charge in [0, 0.05) is 17.7 Å². The average Bonchev–Trinajstić information content (AvgIpc) is 3.17. The standard InChI is InChI=1S/C22H22N2O4/c1-2-27-22(26)19-10-6-7-13-24(19)21(25)16-11-12-18-17(14-16)20(28-23-18)15-8-4-3-5-9-15/h3-5,8-9,11-12,14,19H,2,6-7,10,13H2,1H3. The molecule has 1 aliphatic heterocycles. The van der Waals surface area contributed by atoms with E-state index in [1.807, 2.05) is 30.3 Å². The quantitative estimate of drug-likeness (QED) is 0.641. The van der Waals surface area contributed by atoms with Crippen molar-refractivity contribution in [3.8, 4) is 11.3 Å². The van der Waals surface area contributed by atoms with E-state index in [1.54, 1.807) is 30.0 Å². The van der Waals surface area contributed by atoms with E-state index in [0.29, 0.717) is 36.4 Å². The van der Waals surface area contributed by atoms with E-state index in [0.717, 1.165) is 23.8 Å². The Balaban J connectivity index is 1.68. The third-order valence-electron chi connectivity index (χ3n) is 5.08. The van der Waals surface area contributed by atoms with Gasteiger partial charge in [0.15, 0.2) is 5.76 Å². The van der Waals surface area contributed by atoms with Gasteiger partial charge in [-0.1, -0.05) is 35.5 Å². The number of esters is 1. The Hall–Kier alpha value is -3.15. The first-order chi connectivity index (χ1) is 13.7. The molecule has 1 fully saturated rings. The molecule has 0 aliphatic carbocycles. The molecule has 0 radical (unpaired) electrons. The van der Waals surface area contributed by atoms with E-state index in [2.05, 4.69) is 5.16 Å². The minimum Gasteiger partial charge on any atom is -0.464 e. The number of piperidine rings is 1. The van der Waals surface area contributed by atoms with E-state index in [4.69, 9.17) is 9.26 Å². The lowest BCUT2D eigenvalue weighted by atomic mass is 10.00. The minimum atomic E-state index is -0.520. The van der Waals surface area contributed by atoms with Crippen LogP contribution in [0.25, 0.3) is 22.2 Å². The highest BCUT2D eigenvalue weighted by Gasteiger charge is 2.33. The minimum absolute atomic E-state index is 0.167. The molecule has 3 aromatic rings. The van der Waals surface area contributed by atoms with Crippen LogP contribution in [0.5, 0.6) is 0 Å². The van der Waals surface area contributed by atoms with Crippen molar-refractivity contribution < 1.29 is 18.8 Å². The van der Waals surface area contributed by atoms with Crippen LogP contribution in [0.15, 0.2) is 53.1 Å². The third kappa shape index (κ3) is 3.38. The lowest BCUT2D eigenvalue weighted by Gasteiger charge is -2.34. The van der Waals surface area contributed by atoms with Crippen LogP contribution in [0, 0.1) is 0 Å². The molecule has 1 aromatic heterocycles.